The molecule has 1 saturated heterocycles. The van der Waals surface area contributed by atoms with Crippen LogP contribution >= 0.6 is 0 Å². The lowest BCUT2D eigenvalue weighted by atomic mass is 9.95. The minimum absolute atomic E-state index is 0.0321. The fourth-order valence-corrected chi connectivity index (χ4v) is 3.52. The zero-order chi connectivity index (χ0) is 21.5. The van der Waals surface area contributed by atoms with Crippen LogP contribution in [0.4, 0.5) is 14.6 Å². The van der Waals surface area contributed by atoms with Crippen LogP contribution in [-0.4, -0.2) is 53.5 Å². The molecular formula is C21H24F2N4O3. The molecule has 0 N–H and O–H groups in total. The monoisotopic (exact) mass is 418 g/mol. The number of halogens is 2. The van der Waals surface area contributed by atoms with Crippen molar-refractivity contribution >= 4 is 17.7 Å². The van der Waals surface area contributed by atoms with E-state index >= 15 is 0 Å². The number of hydrogen-bond acceptors (Lipinski definition) is 6. The van der Waals surface area contributed by atoms with Gasteiger partial charge in [0.25, 0.3) is 0 Å². The zero-order valence-corrected chi connectivity index (χ0v) is 16.8. The zero-order valence-electron chi connectivity index (χ0n) is 16.8. The van der Waals surface area contributed by atoms with Crippen LogP contribution in [0.2, 0.25) is 0 Å². The van der Waals surface area contributed by atoms with Gasteiger partial charge in [-0.2, -0.15) is 0 Å². The van der Waals surface area contributed by atoms with Gasteiger partial charge >= 0.3 is 5.97 Å². The van der Waals surface area contributed by atoms with Crippen LogP contribution in [0, 0.1) is 17.6 Å². The topological polar surface area (TPSA) is 75.6 Å². The molecule has 3 rings (SSSR count). The summed E-state index contributed by atoms with van der Waals surface area (Å²) in [5, 5.41) is 0. The van der Waals surface area contributed by atoms with Gasteiger partial charge in [0.15, 0.2) is 11.6 Å². The van der Waals surface area contributed by atoms with Crippen molar-refractivity contribution in [2.75, 3.05) is 31.6 Å². The van der Waals surface area contributed by atoms with Gasteiger partial charge in [0, 0.05) is 44.5 Å². The molecule has 1 aromatic heterocycles. The van der Waals surface area contributed by atoms with E-state index in [0.29, 0.717) is 31.5 Å². The molecule has 2 aromatic rings. The summed E-state index contributed by atoms with van der Waals surface area (Å²) in [7, 11) is 1.28. The summed E-state index contributed by atoms with van der Waals surface area (Å²) in [6.07, 6.45) is 6.21. The molecule has 0 unspecified atom stereocenters. The Labute approximate surface area is 173 Å². The van der Waals surface area contributed by atoms with E-state index in [1.807, 2.05) is 0 Å². The Morgan fingerprint density at radius 2 is 1.97 bits per heavy atom. The lowest BCUT2D eigenvalue weighted by molar-refractivity contribution is -0.142. The number of amides is 1. The lowest BCUT2D eigenvalue weighted by Gasteiger charge is -2.34. The number of esters is 1. The fourth-order valence-electron chi connectivity index (χ4n) is 3.52. The van der Waals surface area contributed by atoms with Crippen LogP contribution in [0.15, 0.2) is 36.8 Å². The van der Waals surface area contributed by atoms with Crippen molar-refractivity contribution in [1.29, 1.82) is 0 Å². The molecule has 160 valence electrons. The van der Waals surface area contributed by atoms with Gasteiger partial charge in [-0.3, -0.25) is 14.6 Å². The molecule has 1 amide bonds. The molecule has 0 saturated carbocycles. The standard InChI is InChI=1S/C21H24F2N4O3/c1-30-20(28)6-11-27(14-15-2-3-17(22)18(23)12-15)21(29)16-4-9-26(10-5-16)19-13-24-7-8-25-19/h2-3,7-8,12-13,16H,4-6,9-11,14H2,1H3. The number of ether oxygens (including phenoxy) is 1. The molecule has 0 radical (unpaired) electrons. The van der Waals surface area contributed by atoms with Gasteiger partial charge in [0.2, 0.25) is 5.91 Å². The van der Waals surface area contributed by atoms with Gasteiger partial charge in [-0.15, -0.1) is 0 Å². The van der Waals surface area contributed by atoms with E-state index in [1.54, 1.807) is 18.6 Å². The maximum atomic E-state index is 13.6. The molecule has 1 fully saturated rings. The summed E-state index contributed by atoms with van der Waals surface area (Å²) in [5.41, 5.74) is 0.462. The Morgan fingerprint density at radius 1 is 1.20 bits per heavy atom. The van der Waals surface area contributed by atoms with E-state index in [0.717, 1.165) is 18.0 Å². The first-order valence-corrected chi connectivity index (χ1v) is 9.78. The largest absolute Gasteiger partial charge is 0.469 e. The van der Waals surface area contributed by atoms with Crippen LogP contribution in [0.1, 0.15) is 24.8 Å². The van der Waals surface area contributed by atoms with E-state index in [1.165, 1.54) is 18.1 Å². The van der Waals surface area contributed by atoms with Crippen molar-refractivity contribution in [3.05, 3.63) is 54.0 Å². The number of aromatic nitrogens is 2. The summed E-state index contributed by atoms with van der Waals surface area (Å²) >= 11 is 0. The van der Waals surface area contributed by atoms with E-state index in [2.05, 4.69) is 19.6 Å². The van der Waals surface area contributed by atoms with Crippen LogP contribution in [-0.2, 0) is 20.9 Å². The van der Waals surface area contributed by atoms with Gasteiger partial charge in [-0.05, 0) is 30.5 Å². The van der Waals surface area contributed by atoms with Crippen LogP contribution in [0.3, 0.4) is 0 Å². The first kappa shape index (κ1) is 21.6. The Hall–Kier alpha value is -3.10. The van der Waals surface area contributed by atoms with Gasteiger partial charge < -0.3 is 14.5 Å². The second kappa shape index (κ2) is 10.1. The van der Waals surface area contributed by atoms with Gasteiger partial charge in [-0.25, -0.2) is 13.8 Å². The number of nitrogens with zero attached hydrogens (tertiary/aromatic N) is 4. The highest BCUT2D eigenvalue weighted by atomic mass is 19.2. The van der Waals surface area contributed by atoms with Crippen LogP contribution in [0.5, 0.6) is 0 Å². The number of rotatable bonds is 7. The minimum Gasteiger partial charge on any atom is -0.469 e. The van der Waals surface area contributed by atoms with Crippen molar-refractivity contribution < 1.29 is 23.1 Å². The molecule has 0 spiro atoms. The number of methoxy groups -OCH3 is 1. The molecule has 30 heavy (non-hydrogen) atoms. The third-order valence-corrected chi connectivity index (χ3v) is 5.20. The quantitative estimate of drug-likeness (QED) is 0.644. The average molecular weight is 418 g/mol. The Balaban J connectivity index is 1.66. The molecule has 0 atom stereocenters. The number of benzene rings is 1. The number of carbonyl (C=O) groups excluding carboxylic acids is 2. The average Bonchev–Trinajstić information content (AvgIpc) is 2.79. The van der Waals surface area contributed by atoms with Crippen LogP contribution < -0.4 is 4.90 Å². The second-order valence-electron chi connectivity index (χ2n) is 7.16. The van der Waals surface area contributed by atoms with Crippen molar-refractivity contribution in [2.24, 2.45) is 5.92 Å². The molecule has 7 nitrogen and oxygen atoms in total. The van der Waals surface area contributed by atoms with E-state index in [-0.39, 0.29) is 31.3 Å². The van der Waals surface area contributed by atoms with Gasteiger partial charge in [-0.1, -0.05) is 6.07 Å². The maximum Gasteiger partial charge on any atom is 0.307 e. The number of carbonyl (C=O) groups is 2. The van der Waals surface area contributed by atoms with E-state index in [4.69, 9.17) is 0 Å². The van der Waals surface area contributed by atoms with Crippen LogP contribution in [0.25, 0.3) is 0 Å². The third kappa shape index (κ3) is 5.49. The Bertz CT molecular complexity index is 874. The maximum absolute atomic E-state index is 13.6. The van der Waals surface area contributed by atoms with Crippen molar-refractivity contribution in [2.45, 2.75) is 25.8 Å². The minimum atomic E-state index is -0.967. The summed E-state index contributed by atoms with van der Waals surface area (Å²) in [5.74, 6) is -1.90. The molecule has 1 aromatic carbocycles. The molecule has 2 heterocycles. The summed E-state index contributed by atoms with van der Waals surface area (Å²) in [6, 6.07) is 3.55. The Morgan fingerprint density at radius 3 is 2.60 bits per heavy atom. The highest BCUT2D eigenvalue weighted by molar-refractivity contribution is 5.80. The van der Waals surface area contributed by atoms with Gasteiger partial charge in [0.05, 0.1) is 19.7 Å². The normalized spacial score (nSPS) is 14.4. The summed E-state index contributed by atoms with van der Waals surface area (Å²) < 4.78 is 31.5. The molecular weight excluding hydrogens is 394 g/mol. The first-order valence-electron chi connectivity index (χ1n) is 9.78. The predicted molar refractivity (Wildman–Crippen MR) is 105 cm³/mol. The molecule has 1 aliphatic heterocycles. The van der Waals surface area contributed by atoms with Crippen molar-refractivity contribution in [3.63, 3.8) is 0 Å². The fraction of sp³-hybridized carbons (Fsp3) is 0.429. The highest BCUT2D eigenvalue weighted by Gasteiger charge is 2.29. The van der Waals surface area contributed by atoms with E-state index < -0.39 is 17.6 Å². The first-order chi connectivity index (χ1) is 14.5. The van der Waals surface area contributed by atoms with Crippen molar-refractivity contribution in [1.82, 2.24) is 14.9 Å². The number of anilines is 1. The van der Waals surface area contributed by atoms with Crippen molar-refractivity contribution in [3.8, 4) is 0 Å². The molecule has 1 aliphatic rings. The Kier molecular flexibility index (Phi) is 7.26. The third-order valence-electron chi connectivity index (χ3n) is 5.20. The predicted octanol–water partition coefficient (Wildman–Crippen LogP) is 2.56. The highest BCUT2D eigenvalue weighted by Crippen LogP contribution is 2.24. The summed E-state index contributed by atoms with van der Waals surface area (Å²) in [4.78, 5) is 36.7. The van der Waals surface area contributed by atoms with Gasteiger partial charge in [0.1, 0.15) is 5.82 Å². The molecule has 0 aliphatic carbocycles. The van der Waals surface area contributed by atoms with E-state index in [9.17, 15) is 18.4 Å². The second-order valence-corrected chi connectivity index (χ2v) is 7.16. The number of hydrogen-bond donors (Lipinski definition) is 0. The molecule has 0 bridgehead atoms. The smallest absolute Gasteiger partial charge is 0.307 e. The SMILES string of the molecule is COC(=O)CCN(Cc1ccc(F)c(F)c1)C(=O)C1CCN(c2cnccn2)CC1. The lowest BCUT2D eigenvalue weighted by Crippen LogP contribution is -2.43. The molecule has 9 heteroatoms. The summed E-state index contributed by atoms with van der Waals surface area (Å²) in [6.45, 7) is 1.56. The number of piperidine rings is 1.